The lowest BCUT2D eigenvalue weighted by atomic mass is 10.0. The molecule has 5 nitrogen and oxygen atoms in total. The van der Waals surface area contributed by atoms with Crippen molar-refractivity contribution in [1.29, 1.82) is 5.26 Å². The molecule has 1 aliphatic heterocycles. The zero-order valence-electron chi connectivity index (χ0n) is 11.7. The van der Waals surface area contributed by atoms with Gasteiger partial charge in [0.1, 0.15) is 0 Å². The van der Waals surface area contributed by atoms with E-state index < -0.39 is 11.6 Å². The highest BCUT2D eigenvalue weighted by Gasteiger charge is 2.45. The summed E-state index contributed by atoms with van der Waals surface area (Å²) in [5.41, 5.74) is -0.881. The number of amides is 1. The van der Waals surface area contributed by atoms with Gasteiger partial charge in [-0.1, -0.05) is 24.3 Å². The fourth-order valence-electron chi connectivity index (χ4n) is 2.40. The monoisotopic (exact) mass is 289 g/mol. The van der Waals surface area contributed by atoms with E-state index in [1.54, 1.807) is 24.3 Å². The summed E-state index contributed by atoms with van der Waals surface area (Å²) in [6, 6.07) is 6.88. The fraction of sp³-hybridized carbons (Fsp3) is 0.400. The Balaban J connectivity index is 2.03. The molecule has 0 radical (unpaired) electrons. The van der Waals surface area contributed by atoms with Gasteiger partial charge in [-0.15, -0.1) is 0 Å². The summed E-state index contributed by atoms with van der Waals surface area (Å²) in [6.45, 7) is 1.56. The minimum absolute atomic E-state index is 0.000743. The van der Waals surface area contributed by atoms with E-state index in [0.717, 1.165) is 0 Å². The van der Waals surface area contributed by atoms with Crippen LogP contribution in [0.4, 0.5) is 4.39 Å². The molecule has 0 aliphatic carbocycles. The number of likely N-dealkylation sites (tertiary alicyclic amines) is 1. The fourth-order valence-corrected chi connectivity index (χ4v) is 2.40. The van der Waals surface area contributed by atoms with Crippen LogP contribution in [0, 0.1) is 11.5 Å². The lowest BCUT2D eigenvalue weighted by Crippen LogP contribution is -2.44. The van der Waals surface area contributed by atoms with Crippen molar-refractivity contribution in [1.82, 2.24) is 10.2 Å². The molecule has 1 aromatic rings. The second-order valence-electron chi connectivity index (χ2n) is 5.13. The molecule has 21 heavy (non-hydrogen) atoms. The summed E-state index contributed by atoms with van der Waals surface area (Å²) < 4.78 is 14.4. The van der Waals surface area contributed by atoms with E-state index in [4.69, 9.17) is 5.26 Å². The third-order valence-corrected chi connectivity index (χ3v) is 3.60. The topological polar surface area (TPSA) is 73.2 Å². The molecule has 1 aliphatic rings. The van der Waals surface area contributed by atoms with Crippen molar-refractivity contribution in [3.63, 3.8) is 0 Å². The van der Waals surface area contributed by atoms with Crippen LogP contribution in [0.2, 0.25) is 0 Å². The van der Waals surface area contributed by atoms with Gasteiger partial charge in [-0.25, -0.2) is 4.39 Å². The minimum Gasteiger partial charge on any atom is -0.349 e. The van der Waals surface area contributed by atoms with Gasteiger partial charge in [0.2, 0.25) is 5.67 Å². The first kappa shape index (κ1) is 15.0. The Morgan fingerprint density at radius 3 is 2.81 bits per heavy atom. The van der Waals surface area contributed by atoms with Gasteiger partial charge < -0.3 is 10.2 Å². The lowest BCUT2D eigenvalue weighted by Gasteiger charge is -2.18. The van der Waals surface area contributed by atoms with Crippen molar-refractivity contribution in [3.05, 3.63) is 35.4 Å². The predicted octanol–water partition coefficient (Wildman–Crippen LogP) is 1.40. The molecule has 1 aromatic carbocycles. The average molecular weight is 289 g/mol. The number of nitrogens with one attached hydrogen (secondary N) is 1. The SMILES string of the molecule is CC(=O)c1ccccc1CNC(=O)C1(F)CCN(C#N)C1. The maximum Gasteiger partial charge on any atom is 0.259 e. The van der Waals surface area contributed by atoms with E-state index in [0.29, 0.717) is 11.1 Å². The van der Waals surface area contributed by atoms with Crippen LogP contribution in [-0.2, 0) is 11.3 Å². The number of hydrogen-bond donors (Lipinski definition) is 1. The first-order chi connectivity index (χ1) is 9.96. The first-order valence-corrected chi connectivity index (χ1v) is 6.67. The molecule has 1 saturated heterocycles. The number of Topliss-reactive ketones (excluding diaryl/α,β-unsaturated/α-hetero) is 1. The Kier molecular flexibility index (Phi) is 4.22. The standard InChI is InChI=1S/C15H16FN3O2/c1-11(20)13-5-3-2-4-12(13)8-18-14(21)15(16)6-7-19(9-15)10-17/h2-5H,6-9H2,1H3,(H,18,21). The summed E-state index contributed by atoms with van der Waals surface area (Å²) in [7, 11) is 0. The molecular weight excluding hydrogens is 273 g/mol. The molecule has 2 rings (SSSR count). The van der Waals surface area contributed by atoms with Gasteiger partial charge in [-0.05, 0) is 12.5 Å². The van der Waals surface area contributed by atoms with Crippen molar-refractivity contribution < 1.29 is 14.0 Å². The van der Waals surface area contributed by atoms with Crippen molar-refractivity contribution in [2.75, 3.05) is 13.1 Å². The molecule has 0 saturated carbocycles. The largest absolute Gasteiger partial charge is 0.349 e. The molecule has 6 heteroatoms. The van der Waals surface area contributed by atoms with E-state index in [1.807, 2.05) is 6.19 Å². The van der Waals surface area contributed by atoms with Gasteiger partial charge in [-0.2, -0.15) is 5.26 Å². The van der Waals surface area contributed by atoms with E-state index in [9.17, 15) is 14.0 Å². The second kappa shape index (κ2) is 5.92. The number of benzene rings is 1. The molecule has 1 heterocycles. The third-order valence-electron chi connectivity index (χ3n) is 3.60. The van der Waals surface area contributed by atoms with Gasteiger partial charge in [0.25, 0.3) is 5.91 Å². The van der Waals surface area contributed by atoms with Crippen molar-refractivity contribution in [2.24, 2.45) is 0 Å². The normalized spacial score (nSPS) is 20.9. The number of ketones is 1. The maximum absolute atomic E-state index is 14.4. The number of nitrogens with zero attached hydrogens (tertiary/aromatic N) is 2. The minimum atomic E-state index is -2.04. The number of nitriles is 1. The number of carbonyl (C=O) groups excluding carboxylic acids is 2. The number of carbonyl (C=O) groups is 2. The van der Waals surface area contributed by atoms with E-state index in [-0.39, 0.29) is 31.8 Å². The van der Waals surface area contributed by atoms with Crippen LogP contribution in [0.1, 0.15) is 29.3 Å². The molecule has 110 valence electrons. The van der Waals surface area contributed by atoms with Crippen molar-refractivity contribution in [2.45, 2.75) is 25.6 Å². The van der Waals surface area contributed by atoms with Gasteiger partial charge in [0.15, 0.2) is 12.0 Å². The van der Waals surface area contributed by atoms with Crippen molar-refractivity contribution in [3.8, 4) is 6.19 Å². The highest BCUT2D eigenvalue weighted by atomic mass is 19.1. The maximum atomic E-state index is 14.4. The van der Waals surface area contributed by atoms with Crippen LogP contribution in [0.15, 0.2) is 24.3 Å². The second-order valence-corrected chi connectivity index (χ2v) is 5.13. The van der Waals surface area contributed by atoms with Crippen LogP contribution >= 0.6 is 0 Å². The Morgan fingerprint density at radius 2 is 2.19 bits per heavy atom. The molecule has 0 aromatic heterocycles. The van der Waals surface area contributed by atoms with Gasteiger partial charge in [0.05, 0.1) is 6.54 Å². The molecule has 0 bridgehead atoms. The molecule has 1 amide bonds. The Morgan fingerprint density at radius 1 is 1.48 bits per heavy atom. The number of alkyl halides is 1. The summed E-state index contributed by atoms with van der Waals surface area (Å²) in [5.74, 6) is -0.843. The van der Waals surface area contributed by atoms with Crippen LogP contribution in [0.25, 0.3) is 0 Å². The quantitative estimate of drug-likeness (QED) is 0.671. The van der Waals surface area contributed by atoms with Crippen molar-refractivity contribution >= 4 is 11.7 Å². The number of rotatable bonds is 4. The Labute approximate surface area is 122 Å². The van der Waals surface area contributed by atoms with E-state index >= 15 is 0 Å². The summed E-state index contributed by atoms with van der Waals surface area (Å²) in [6.07, 6.45) is 1.84. The summed E-state index contributed by atoms with van der Waals surface area (Å²) in [5, 5.41) is 11.2. The molecule has 1 unspecified atom stereocenters. The van der Waals surface area contributed by atoms with Crippen LogP contribution < -0.4 is 5.32 Å². The highest BCUT2D eigenvalue weighted by molar-refractivity contribution is 5.95. The number of hydrogen-bond acceptors (Lipinski definition) is 4. The lowest BCUT2D eigenvalue weighted by molar-refractivity contribution is -0.132. The summed E-state index contributed by atoms with van der Waals surface area (Å²) >= 11 is 0. The number of halogens is 1. The van der Waals surface area contributed by atoms with Crippen LogP contribution in [0.5, 0.6) is 0 Å². The highest BCUT2D eigenvalue weighted by Crippen LogP contribution is 2.25. The Hall–Kier alpha value is -2.42. The molecule has 1 atom stereocenters. The van der Waals surface area contributed by atoms with E-state index in [1.165, 1.54) is 11.8 Å². The van der Waals surface area contributed by atoms with E-state index in [2.05, 4.69) is 5.32 Å². The zero-order chi connectivity index (χ0) is 15.5. The Bertz CT molecular complexity index is 611. The first-order valence-electron chi connectivity index (χ1n) is 6.67. The molecule has 1 N–H and O–H groups in total. The third kappa shape index (κ3) is 3.19. The average Bonchev–Trinajstić information content (AvgIpc) is 2.88. The van der Waals surface area contributed by atoms with Gasteiger partial charge in [0, 0.05) is 25.1 Å². The summed E-state index contributed by atoms with van der Waals surface area (Å²) in [4.78, 5) is 24.7. The van der Waals surface area contributed by atoms with Crippen LogP contribution in [-0.4, -0.2) is 35.3 Å². The zero-order valence-corrected chi connectivity index (χ0v) is 11.7. The van der Waals surface area contributed by atoms with Gasteiger partial charge >= 0.3 is 0 Å². The molecular formula is C15H16FN3O2. The smallest absolute Gasteiger partial charge is 0.259 e. The van der Waals surface area contributed by atoms with Gasteiger partial charge in [-0.3, -0.25) is 9.59 Å². The molecule has 0 spiro atoms. The predicted molar refractivity (Wildman–Crippen MR) is 73.9 cm³/mol. The molecule has 1 fully saturated rings. The van der Waals surface area contributed by atoms with Crippen LogP contribution in [0.3, 0.4) is 0 Å².